The predicted octanol–water partition coefficient (Wildman–Crippen LogP) is 1.24. The molecule has 0 radical (unpaired) electrons. The molecule has 1 saturated carbocycles. The van der Waals surface area contributed by atoms with Crippen molar-refractivity contribution in [1.82, 2.24) is 0 Å². The number of hydrogen-bond acceptors (Lipinski definition) is 2. The highest BCUT2D eigenvalue weighted by Gasteiger charge is 2.35. The van der Waals surface area contributed by atoms with Crippen molar-refractivity contribution >= 4 is 0 Å². The minimum Gasteiger partial charge on any atom is -0.329 e. The molecule has 4 N–H and O–H groups in total. The first-order chi connectivity index (χ1) is 4.97. The summed E-state index contributed by atoms with van der Waals surface area (Å²) in [7, 11) is 0. The van der Waals surface area contributed by atoms with Crippen LogP contribution in [0.5, 0.6) is 0 Å². The van der Waals surface area contributed by atoms with Gasteiger partial charge in [0, 0.05) is 12.1 Å². The fourth-order valence-corrected chi connectivity index (χ4v) is 2.22. The fourth-order valence-electron chi connectivity index (χ4n) is 2.22. The first-order valence-electron chi connectivity index (χ1n) is 4.46. The predicted molar refractivity (Wildman–Crippen MR) is 48.2 cm³/mol. The second-order valence-electron chi connectivity index (χ2n) is 4.76. The Morgan fingerprint density at radius 2 is 1.91 bits per heavy atom. The molecular formula is C9H20N2. The van der Waals surface area contributed by atoms with Gasteiger partial charge in [0.15, 0.2) is 0 Å². The lowest BCUT2D eigenvalue weighted by Gasteiger charge is -2.41. The summed E-state index contributed by atoms with van der Waals surface area (Å²) in [6, 6.07) is 0. The third kappa shape index (κ3) is 2.17. The van der Waals surface area contributed by atoms with Gasteiger partial charge in [0.25, 0.3) is 0 Å². The summed E-state index contributed by atoms with van der Waals surface area (Å²) in [6.07, 6.45) is 4.72. The Bertz CT molecular complexity index is 142. The Kier molecular flexibility index (Phi) is 2.26. The Balaban J connectivity index is 2.59. The molecule has 2 heteroatoms. The molecule has 2 nitrogen and oxygen atoms in total. The highest BCUT2D eigenvalue weighted by atomic mass is 14.8. The molecule has 0 aliphatic heterocycles. The van der Waals surface area contributed by atoms with Crippen molar-refractivity contribution in [3.8, 4) is 0 Å². The zero-order valence-corrected chi connectivity index (χ0v) is 7.69. The molecule has 0 aromatic heterocycles. The van der Waals surface area contributed by atoms with Crippen molar-refractivity contribution in [3.05, 3.63) is 0 Å². The SMILES string of the molecule is CC1(C)CCCC(N)(CN)C1. The van der Waals surface area contributed by atoms with Gasteiger partial charge in [0.2, 0.25) is 0 Å². The van der Waals surface area contributed by atoms with Gasteiger partial charge in [0.1, 0.15) is 0 Å². The standard InChI is InChI=1S/C9H20N2/c1-8(2)4-3-5-9(11,6-8)7-10/h3-7,10-11H2,1-2H3. The molecule has 1 aliphatic rings. The molecule has 0 saturated heterocycles. The molecule has 0 amide bonds. The topological polar surface area (TPSA) is 52.0 Å². The highest BCUT2D eigenvalue weighted by Crippen LogP contribution is 2.38. The van der Waals surface area contributed by atoms with Crippen LogP contribution < -0.4 is 11.5 Å². The van der Waals surface area contributed by atoms with Gasteiger partial charge in [-0.2, -0.15) is 0 Å². The van der Waals surface area contributed by atoms with Crippen LogP contribution in [-0.2, 0) is 0 Å². The van der Waals surface area contributed by atoms with Gasteiger partial charge in [-0.3, -0.25) is 0 Å². The van der Waals surface area contributed by atoms with Gasteiger partial charge in [-0.15, -0.1) is 0 Å². The Hall–Kier alpha value is -0.0800. The quantitative estimate of drug-likeness (QED) is 0.600. The van der Waals surface area contributed by atoms with Gasteiger partial charge < -0.3 is 11.5 Å². The van der Waals surface area contributed by atoms with Crippen LogP contribution in [-0.4, -0.2) is 12.1 Å². The number of nitrogens with two attached hydrogens (primary N) is 2. The zero-order chi connectivity index (χ0) is 8.54. The lowest BCUT2D eigenvalue weighted by Crippen LogP contribution is -2.52. The van der Waals surface area contributed by atoms with Crippen molar-refractivity contribution in [2.45, 2.75) is 45.1 Å². The first-order valence-corrected chi connectivity index (χ1v) is 4.46. The molecule has 1 unspecified atom stereocenters. The molecule has 0 aromatic rings. The summed E-state index contributed by atoms with van der Waals surface area (Å²) in [6.45, 7) is 5.20. The Labute approximate surface area is 69.3 Å². The van der Waals surface area contributed by atoms with E-state index in [1.165, 1.54) is 12.8 Å². The molecule has 1 fully saturated rings. The summed E-state index contributed by atoms with van der Waals surface area (Å²) >= 11 is 0. The van der Waals surface area contributed by atoms with E-state index in [0.717, 1.165) is 12.8 Å². The molecule has 1 atom stereocenters. The van der Waals surface area contributed by atoms with Crippen molar-refractivity contribution in [1.29, 1.82) is 0 Å². The lowest BCUT2D eigenvalue weighted by molar-refractivity contribution is 0.156. The van der Waals surface area contributed by atoms with E-state index in [0.29, 0.717) is 12.0 Å². The van der Waals surface area contributed by atoms with Gasteiger partial charge in [-0.1, -0.05) is 20.3 Å². The van der Waals surface area contributed by atoms with Crippen LogP contribution in [0.15, 0.2) is 0 Å². The largest absolute Gasteiger partial charge is 0.329 e. The van der Waals surface area contributed by atoms with Crippen LogP contribution in [0.25, 0.3) is 0 Å². The number of rotatable bonds is 1. The lowest BCUT2D eigenvalue weighted by atomic mass is 9.68. The Morgan fingerprint density at radius 1 is 1.27 bits per heavy atom. The van der Waals surface area contributed by atoms with E-state index >= 15 is 0 Å². The van der Waals surface area contributed by atoms with Crippen LogP contribution >= 0.6 is 0 Å². The van der Waals surface area contributed by atoms with Gasteiger partial charge in [0.05, 0.1) is 0 Å². The van der Waals surface area contributed by atoms with Crippen molar-refractivity contribution in [3.63, 3.8) is 0 Å². The molecule has 66 valence electrons. The minimum absolute atomic E-state index is 0.0677. The second-order valence-corrected chi connectivity index (χ2v) is 4.76. The molecule has 1 aliphatic carbocycles. The maximum atomic E-state index is 6.11. The van der Waals surface area contributed by atoms with Crippen LogP contribution in [0.2, 0.25) is 0 Å². The maximum absolute atomic E-state index is 6.11. The first kappa shape index (κ1) is 9.01. The average Bonchev–Trinajstić information content (AvgIpc) is 1.85. The highest BCUT2D eigenvalue weighted by molar-refractivity contribution is 4.94. The summed E-state index contributed by atoms with van der Waals surface area (Å²) in [5.41, 5.74) is 12.1. The van der Waals surface area contributed by atoms with Crippen molar-refractivity contribution in [2.75, 3.05) is 6.54 Å². The fraction of sp³-hybridized carbons (Fsp3) is 1.00. The van der Waals surface area contributed by atoms with E-state index in [9.17, 15) is 0 Å². The van der Waals surface area contributed by atoms with Crippen LogP contribution in [0.3, 0.4) is 0 Å². The van der Waals surface area contributed by atoms with E-state index in [1.807, 2.05) is 0 Å². The van der Waals surface area contributed by atoms with Crippen molar-refractivity contribution in [2.24, 2.45) is 16.9 Å². The van der Waals surface area contributed by atoms with Crippen molar-refractivity contribution < 1.29 is 0 Å². The zero-order valence-electron chi connectivity index (χ0n) is 7.69. The molecule has 0 spiro atoms. The van der Waals surface area contributed by atoms with E-state index in [2.05, 4.69) is 13.8 Å². The third-order valence-corrected chi connectivity index (χ3v) is 2.77. The summed E-state index contributed by atoms with van der Waals surface area (Å²) in [5, 5.41) is 0. The van der Waals surface area contributed by atoms with Gasteiger partial charge in [-0.05, 0) is 24.7 Å². The molecule has 0 bridgehead atoms. The molecule has 1 rings (SSSR count). The van der Waals surface area contributed by atoms with Crippen LogP contribution in [0.1, 0.15) is 39.5 Å². The molecule has 0 heterocycles. The van der Waals surface area contributed by atoms with Crippen LogP contribution in [0, 0.1) is 5.41 Å². The summed E-state index contributed by atoms with van der Waals surface area (Å²) in [4.78, 5) is 0. The average molecular weight is 156 g/mol. The monoisotopic (exact) mass is 156 g/mol. The summed E-state index contributed by atoms with van der Waals surface area (Å²) in [5.74, 6) is 0. The second kappa shape index (κ2) is 2.76. The van der Waals surface area contributed by atoms with E-state index < -0.39 is 0 Å². The third-order valence-electron chi connectivity index (χ3n) is 2.77. The van der Waals surface area contributed by atoms with Gasteiger partial charge in [-0.25, -0.2) is 0 Å². The van der Waals surface area contributed by atoms with Crippen LogP contribution in [0.4, 0.5) is 0 Å². The minimum atomic E-state index is -0.0677. The van der Waals surface area contributed by atoms with E-state index in [4.69, 9.17) is 11.5 Å². The normalized spacial score (nSPS) is 37.1. The maximum Gasteiger partial charge on any atom is 0.0283 e. The van der Waals surface area contributed by atoms with Gasteiger partial charge >= 0.3 is 0 Å². The van der Waals surface area contributed by atoms with E-state index in [1.54, 1.807) is 0 Å². The smallest absolute Gasteiger partial charge is 0.0283 e. The Morgan fingerprint density at radius 3 is 2.27 bits per heavy atom. The molecular weight excluding hydrogens is 136 g/mol. The molecule has 11 heavy (non-hydrogen) atoms. The van der Waals surface area contributed by atoms with E-state index in [-0.39, 0.29) is 5.54 Å². The molecule has 0 aromatic carbocycles. The summed E-state index contributed by atoms with van der Waals surface area (Å²) < 4.78 is 0. The number of hydrogen-bond donors (Lipinski definition) is 2.